The Kier molecular flexibility index (Phi) is 6.41. The molecule has 29 heavy (non-hydrogen) atoms. The van der Waals surface area contributed by atoms with E-state index in [-0.39, 0.29) is 30.5 Å². The van der Waals surface area contributed by atoms with Crippen molar-refractivity contribution in [2.24, 2.45) is 0 Å². The zero-order valence-electron chi connectivity index (χ0n) is 16.5. The number of amides is 1. The number of piperidine rings is 1. The maximum Gasteiger partial charge on any atom is 0.248 e. The van der Waals surface area contributed by atoms with Crippen molar-refractivity contribution >= 4 is 5.91 Å². The number of ether oxygens (including phenoxy) is 2. The first-order valence-electron chi connectivity index (χ1n) is 10.1. The van der Waals surface area contributed by atoms with Crippen LogP contribution in [0.2, 0.25) is 0 Å². The summed E-state index contributed by atoms with van der Waals surface area (Å²) in [5.74, 6) is 0.365. The van der Waals surface area contributed by atoms with Gasteiger partial charge in [-0.25, -0.2) is 9.37 Å². The van der Waals surface area contributed by atoms with E-state index in [1.165, 1.54) is 12.1 Å². The van der Waals surface area contributed by atoms with E-state index in [4.69, 9.17) is 9.47 Å². The van der Waals surface area contributed by atoms with Gasteiger partial charge in [-0.2, -0.15) is 0 Å². The molecule has 8 heteroatoms. The van der Waals surface area contributed by atoms with Crippen LogP contribution in [0.25, 0.3) is 0 Å². The molecule has 4 rings (SSSR count). The van der Waals surface area contributed by atoms with Crippen molar-refractivity contribution in [1.29, 1.82) is 0 Å². The Hall–Kier alpha value is -2.45. The standard InChI is InChI=1S/C21H27FN4O3/c22-17-1-3-19(4-2-17)28-14-20-13-26(21(27)15-29-20)18-5-8-24(9-6-18)11-12-25-10-7-23-16-25/h1-4,7,10,16,18,20H,5-6,8-9,11-15H2. The van der Waals surface area contributed by atoms with Gasteiger partial charge in [-0.3, -0.25) is 4.79 Å². The number of benzene rings is 1. The number of carbonyl (C=O) groups is 1. The molecule has 1 unspecified atom stereocenters. The van der Waals surface area contributed by atoms with Crippen molar-refractivity contribution < 1.29 is 18.7 Å². The van der Waals surface area contributed by atoms with Crippen molar-refractivity contribution in [3.8, 4) is 5.75 Å². The van der Waals surface area contributed by atoms with Crippen molar-refractivity contribution in [2.45, 2.75) is 31.5 Å². The number of imidazole rings is 1. The Balaban J connectivity index is 1.23. The topological polar surface area (TPSA) is 59.8 Å². The fourth-order valence-electron chi connectivity index (χ4n) is 3.95. The van der Waals surface area contributed by atoms with Crippen molar-refractivity contribution in [3.05, 3.63) is 48.8 Å². The molecule has 2 aliphatic rings. The summed E-state index contributed by atoms with van der Waals surface area (Å²) in [5, 5.41) is 0. The minimum Gasteiger partial charge on any atom is -0.491 e. The number of carbonyl (C=O) groups excluding carboxylic acids is 1. The first-order chi connectivity index (χ1) is 14.2. The number of nitrogens with zero attached hydrogens (tertiary/aromatic N) is 4. The second-order valence-corrected chi connectivity index (χ2v) is 7.62. The van der Waals surface area contributed by atoms with Crippen LogP contribution in [0.1, 0.15) is 12.8 Å². The van der Waals surface area contributed by atoms with Gasteiger partial charge in [0.2, 0.25) is 5.91 Å². The summed E-state index contributed by atoms with van der Waals surface area (Å²) >= 11 is 0. The summed E-state index contributed by atoms with van der Waals surface area (Å²) in [5.41, 5.74) is 0. The number of halogens is 1. The van der Waals surface area contributed by atoms with Gasteiger partial charge in [-0.05, 0) is 37.1 Å². The third-order valence-electron chi connectivity index (χ3n) is 5.64. The highest BCUT2D eigenvalue weighted by molar-refractivity contribution is 5.78. The van der Waals surface area contributed by atoms with E-state index in [1.807, 2.05) is 17.4 Å². The highest BCUT2D eigenvalue weighted by Crippen LogP contribution is 2.21. The Morgan fingerprint density at radius 2 is 1.97 bits per heavy atom. The van der Waals surface area contributed by atoms with Gasteiger partial charge >= 0.3 is 0 Å². The molecular weight excluding hydrogens is 375 g/mol. The molecule has 1 amide bonds. The number of likely N-dealkylation sites (tertiary alicyclic amines) is 1. The maximum absolute atomic E-state index is 13.0. The SMILES string of the molecule is O=C1COC(COc2ccc(F)cc2)CN1C1CCN(CCn2ccnc2)CC1. The second kappa shape index (κ2) is 9.37. The minimum atomic E-state index is -0.292. The lowest BCUT2D eigenvalue weighted by Crippen LogP contribution is -2.55. The molecule has 1 aromatic carbocycles. The molecule has 0 saturated carbocycles. The Labute approximate surface area is 170 Å². The average molecular weight is 402 g/mol. The van der Waals surface area contributed by atoms with E-state index in [1.54, 1.807) is 18.3 Å². The summed E-state index contributed by atoms with van der Waals surface area (Å²) in [4.78, 5) is 20.9. The molecule has 0 radical (unpaired) electrons. The van der Waals surface area contributed by atoms with Crippen LogP contribution >= 0.6 is 0 Å². The van der Waals surface area contributed by atoms with Crippen LogP contribution in [-0.2, 0) is 16.1 Å². The molecule has 0 N–H and O–H groups in total. The quantitative estimate of drug-likeness (QED) is 0.707. The fraction of sp³-hybridized carbons (Fsp3) is 0.524. The highest BCUT2D eigenvalue weighted by atomic mass is 19.1. The van der Waals surface area contributed by atoms with Gasteiger partial charge in [0.1, 0.15) is 30.9 Å². The van der Waals surface area contributed by atoms with E-state index in [0.29, 0.717) is 18.9 Å². The molecule has 2 fully saturated rings. The molecule has 0 aliphatic carbocycles. The Morgan fingerprint density at radius 1 is 1.17 bits per heavy atom. The van der Waals surface area contributed by atoms with Crippen LogP contribution in [0.3, 0.4) is 0 Å². The average Bonchev–Trinajstić information content (AvgIpc) is 3.27. The van der Waals surface area contributed by atoms with E-state index < -0.39 is 0 Å². The first kappa shape index (κ1) is 19.8. The molecule has 3 heterocycles. The van der Waals surface area contributed by atoms with Crippen LogP contribution in [-0.4, -0.2) is 76.8 Å². The third kappa shape index (κ3) is 5.33. The largest absolute Gasteiger partial charge is 0.491 e. The monoisotopic (exact) mass is 402 g/mol. The molecular formula is C21H27FN4O3. The van der Waals surface area contributed by atoms with Crippen LogP contribution in [0.4, 0.5) is 4.39 Å². The van der Waals surface area contributed by atoms with Gasteiger partial charge in [0.15, 0.2) is 0 Å². The first-order valence-corrected chi connectivity index (χ1v) is 10.1. The zero-order valence-corrected chi connectivity index (χ0v) is 16.5. The van der Waals surface area contributed by atoms with E-state index >= 15 is 0 Å². The lowest BCUT2D eigenvalue weighted by molar-refractivity contribution is -0.155. The molecule has 1 aromatic heterocycles. The smallest absolute Gasteiger partial charge is 0.248 e. The van der Waals surface area contributed by atoms with Gasteiger partial charge in [0.25, 0.3) is 0 Å². The van der Waals surface area contributed by atoms with Gasteiger partial charge in [-0.15, -0.1) is 0 Å². The van der Waals surface area contributed by atoms with E-state index in [0.717, 1.165) is 39.0 Å². The Bertz CT molecular complexity index is 776. The molecule has 2 aromatic rings. The van der Waals surface area contributed by atoms with Crippen molar-refractivity contribution in [1.82, 2.24) is 19.4 Å². The van der Waals surface area contributed by atoms with Crippen LogP contribution in [0, 0.1) is 5.82 Å². The van der Waals surface area contributed by atoms with Gasteiger partial charge < -0.3 is 23.8 Å². The zero-order chi connectivity index (χ0) is 20.1. The molecule has 0 spiro atoms. The predicted molar refractivity (Wildman–Crippen MR) is 105 cm³/mol. The lowest BCUT2D eigenvalue weighted by atomic mass is 10.0. The number of hydrogen-bond acceptors (Lipinski definition) is 5. The summed E-state index contributed by atoms with van der Waals surface area (Å²) in [6.07, 6.45) is 7.40. The predicted octanol–water partition coefficient (Wildman–Crippen LogP) is 1.79. The third-order valence-corrected chi connectivity index (χ3v) is 5.64. The molecule has 0 bridgehead atoms. The fourth-order valence-corrected chi connectivity index (χ4v) is 3.95. The maximum atomic E-state index is 13.0. The van der Waals surface area contributed by atoms with Crippen LogP contribution < -0.4 is 4.74 Å². The lowest BCUT2D eigenvalue weighted by Gasteiger charge is -2.42. The molecule has 156 valence electrons. The van der Waals surface area contributed by atoms with Crippen molar-refractivity contribution in [2.75, 3.05) is 39.4 Å². The normalized spacial score (nSPS) is 21.5. The summed E-state index contributed by atoms with van der Waals surface area (Å²) in [6.45, 7) is 4.89. The number of aromatic nitrogens is 2. The number of hydrogen-bond donors (Lipinski definition) is 0. The summed E-state index contributed by atoms with van der Waals surface area (Å²) in [7, 11) is 0. The molecule has 1 atom stereocenters. The van der Waals surface area contributed by atoms with Gasteiger partial charge in [-0.1, -0.05) is 0 Å². The van der Waals surface area contributed by atoms with Crippen LogP contribution in [0.15, 0.2) is 43.0 Å². The Morgan fingerprint density at radius 3 is 2.69 bits per heavy atom. The van der Waals surface area contributed by atoms with Crippen LogP contribution in [0.5, 0.6) is 5.75 Å². The highest BCUT2D eigenvalue weighted by Gasteiger charge is 2.33. The summed E-state index contributed by atoms with van der Waals surface area (Å²) in [6, 6.07) is 6.19. The molecule has 7 nitrogen and oxygen atoms in total. The number of rotatable bonds is 7. The van der Waals surface area contributed by atoms with E-state index in [9.17, 15) is 9.18 Å². The molecule has 2 aliphatic heterocycles. The van der Waals surface area contributed by atoms with E-state index in [2.05, 4.69) is 14.5 Å². The summed E-state index contributed by atoms with van der Waals surface area (Å²) < 4.78 is 26.4. The minimum absolute atomic E-state index is 0.0555. The second-order valence-electron chi connectivity index (χ2n) is 7.62. The van der Waals surface area contributed by atoms with Crippen molar-refractivity contribution in [3.63, 3.8) is 0 Å². The van der Waals surface area contributed by atoms with Gasteiger partial charge in [0, 0.05) is 44.6 Å². The van der Waals surface area contributed by atoms with Gasteiger partial charge in [0.05, 0.1) is 12.9 Å². The molecule has 2 saturated heterocycles. The number of morpholine rings is 1.